The minimum absolute atomic E-state index is 0.131. The molecule has 5 aromatic rings. The maximum Gasteiger partial charge on any atom is 0.271 e. The molecule has 0 saturated carbocycles. The molecule has 8 heteroatoms. The maximum atomic E-state index is 11.4. The summed E-state index contributed by atoms with van der Waals surface area (Å²) < 4.78 is 1.75. The van der Waals surface area contributed by atoms with Crippen LogP contribution in [-0.4, -0.2) is 45.7 Å². The molecule has 0 unspecified atom stereocenters. The normalized spacial score (nSPS) is 10.6. The number of aromatic nitrogens is 4. The summed E-state index contributed by atoms with van der Waals surface area (Å²) in [6.45, 7) is 1.92. The second kappa shape index (κ2) is 14.6. The van der Waals surface area contributed by atoms with Gasteiger partial charge in [-0.2, -0.15) is 5.10 Å². The number of carbonyl (C=O) groups excluding carboxylic acids is 2. The Balaban J connectivity index is 0.000000208. The van der Waals surface area contributed by atoms with Crippen LogP contribution in [0.5, 0.6) is 0 Å². The standard InChI is InChI=1S/C21H25N3O.C12H13N3O/c1-22-21(25)11-5-3-2-4-10-20-23-15-19(24-20)18-13-12-16-8-6-7-9-17(16)14-18;1-9-8-11(12(16)13-2)14-15(9)10-6-4-3-5-7-10/h6-9,12-15H,2-5,10-11H2,1H3,(H,22,25)(H,23,24);3-8H,1-2H3,(H,13,16). The number of aryl methyl sites for hydroxylation is 2. The number of para-hydroxylation sites is 1. The van der Waals surface area contributed by atoms with Crippen LogP contribution in [0.25, 0.3) is 27.7 Å². The van der Waals surface area contributed by atoms with E-state index in [2.05, 4.69) is 68.2 Å². The third-order valence-electron chi connectivity index (χ3n) is 6.88. The van der Waals surface area contributed by atoms with Crippen LogP contribution in [0.1, 0.15) is 54.1 Å². The van der Waals surface area contributed by atoms with Crippen LogP contribution in [0.4, 0.5) is 0 Å². The minimum atomic E-state index is -0.169. The van der Waals surface area contributed by atoms with E-state index in [0.717, 1.165) is 55.0 Å². The van der Waals surface area contributed by atoms with E-state index in [1.165, 1.54) is 16.3 Å². The molecule has 41 heavy (non-hydrogen) atoms. The molecule has 2 amide bonds. The van der Waals surface area contributed by atoms with Gasteiger partial charge in [0.1, 0.15) is 5.82 Å². The van der Waals surface area contributed by atoms with Crippen LogP contribution in [0.3, 0.4) is 0 Å². The van der Waals surface area contributed by atoms with Crippen LogP contribution >= 0.6 is 0 Å². The average molecular weight is 551 g/mol. The van der Waals surface area contributed by atoms with Crippen LogP contribution in [0, 0.1) is 6.92 Å². The Morgan fingerprint density at radius 3 is 2.32 bits per heavy atom. The maximum absolute atomic E-state index is 11.4. The Bertz CT molecular complexity index is 1570. The van der Waals surface area contributed by atoms with Crippen molar-refractivity contribution in [2.75, 3.05) is 14.1 Å². The van der Waals surface area contributed by atoms with Gasteiger partial charge in [0.05, 0.1) is 17.6 Å². The number of aromatic amines is 1. The van der Waals surface area contributed by atoms with Crippen molar-refractivity contribution in [1.29, 1.82) is 0 Å². The Morgan fingerprint density at radius 2 is 1.56 bits per heavy atom. The summed E-state index contributed by atoms with van der Waals surface area (Å²) in [4.78, 5) is 30.5. The molecule has 0 saturated heterocycles. The summed E-state index contributed by atoms with van der Waals surface area (Å²) in [5.74, 6) is 0.998. The van der Waals surface area contributed by atoms with Crippen LogP contribution in [0.2, 0.25) is 0 Å². The van der Waals surface area contributed by atoms with Crippen molar-refractivity contribution in [3.63, 3.8) is 0 Å². The quantitative estimate of drug-likeness (QED) is 0.185. The van der Waals surface area contributed by atoms with Crippen molar-refractivity contribution in [2.24, 2.45) is 0 Å². The van der Waals surface area contributed by atoms with Gasteiger partial charge in [-0.3, -0.25) is 9.59 Å². The lowest BCUT2D eigenvalue weighted by atomic mass is 10.1. The summed E-state index contributed by atoms with van der Waals surface area (Å²) in [6.07, 6.45) is 7.77. The first-order valence-electron chi connectivity index (χ1n) is 14.1. The van der Waals surface area contributed by atoms with Crippen molar-refractivity contribution in [1.82, 2.24) is 30.4 Å². The van der Waals surface area contributed by atoms with Gasteiger partial charge in [-0.25, -0.2) is 9.67 Å². The Morgan fingerprint density at radius 1 is 0.829 bits per heavy atom. The fourth-order valence-electron chi connectivity index (χ4n) is 4.59. The fraction of sp³-hybridized carbons (Fsp3) is 0.273. The molecule has 3 aromatic carbocycles. The van der Waals surface area contributed by atoms with E-state index in [4.69, 9.17) is 0 Å². The first kappa shape index (κ1) is 29.3. The molecular weight excluding hydrogens is 512 g/mol. The van der Waals surface area contributed by atoms with Crippen molar-refractivity contribution in [2.45, 2.75) is 45.4 Å². The SMILES string of the molecule is CNC(=O)CCCCCCc1ncc(-c2ccc3ccccc3c2)[nH]1.CNC(=O)c1cc(C)n(-c2ccccc2)n1. The Labute approximate surface area is 241 Å². The number of nitrogens with one attached hydrogen (secondary N) is 3. The highest BCUT2D eigenvalue weighted by atomic mass is 16.2. The zero-order valence-electron chi connectivity index (χ0n) is 24.0. The number of amides is 2. The number of rotatable bonds is 10. The van der Waals surface area contributed by atoms with Gasteiger partial charge in [0.25, 0.3) is 5.91 Å². The van der Waals surface area contributed by atoms with E-state index < -0.39 is 0 Å². The minimum Gasteiger partial charge on any atom is -0.359 e. The zero-order chi connectivity index (χ0) is 29.0. The van der Waals surface area contributed by atoms with Gasteiger partial charge >= 0.3 is 0 Å². The number of carbonyl (C=O) groups is 2. The van der Waals surface area contributed by atoms with Gasteiger partial charge in [-0.05, 0) is 54.8 Å². The topological polar surface area (TPSA) is 105 Å². The van der Waals surface area contributed by atoms with Gasteiger partial charge < -0.3 is 15.6 Å². The van der Waals surface area contributed by atoms with Gasteiger partial charge in [-0.1, -0.05) is 67.4 Å². The molecule has 0 aliphatic rings. The van der Waals surface area contributed by atoms with E-state index in [9.17, 15) is 9.59 Å². The molecule has 0 radical (unpaired) electrons. The molecule has 0 aliphatic carbocycles. The van der Waals surface area contributed by atoms with Crippen molar-refractivity contribution in [3.8, 4) is 16.9 Å². The highest BCUT2D eigenvalue weighted by Crippen LogP contribution is 2.23. The lowest BCUT2D eigenvalue weighted by molar-refractivity contribution is -0.120. The molecule has 8 nitrogen and oxygen atoms in total. The number of unbranched alkanes of at least 4 members (excludes halogenated alkanes) is 3. The van der Waals surface area contributed by atoms with Crippen molar-refractivity contribution in [3.05, 3.63) is 102 Å². The van der Waals surface area contributed by atoms with Gasteiger partial charge in [-0.15, -0.1) is 0 Å². The molecule has 2 heterocycles. The van der Waals surface area contributed by atoms with E-state index in [1.807, 2.05) is 43.5 Å². The smallest absolute Gasteiger partial charge is 0.271 e. The van der Waals surface area contributed by atoms with Crippen LogP contribution in [0.15, 0.2) is 85.1 Å². The monoisotopic (exact) mass is 550 g/mol. The van der Waals surface area contributed by atoms with Crippen LogP contribution in [-0.2, 0) is 11.2 Å². The van der Waals surface area contributed by atoms with Crippen molar-refractivity contribution < 1.29 is 9.59 Å². The highest BCUT2D eigenvalue weighted by Gasteiger charge is 2.11. The molecule has 0 aliphatic heterocycles. The van der Waals surface area contributed by atoms with Gasteiger partial charge in [0, 0.05) is 38.2 Å². The third kappa shape index (κ3) is 8.14. The zero-order valence-corrected chi connectivity index (χ0v) is 24.0. The van der Waals surface area contributed by atoms with E-state index in [1.54, 1.807) is 24.8 Å². The fourth-order valence-corrected chi connectivity index (χ4v) is 4.59. The summed E-state index contributed by atoms with van der Waals surface area (Å²) in [5.41, 5.74) is 4.56. The van der Waals surface area contributed by atoms with E-state index in [0.29, 0.717) is 12.1 Å². The predicted octanol–water partition coefficient (Wildman–Crippen LogP) is 6.01. The first-order valence-corrected chi connectivity index (χ1v) is 14.1. The predicted molar refractivity (Wildman–Crippen MR) is 164 cm³/mol. The lowest BCUT2D eigenvalue weighted by Crippen LogP contribution is -2.18. The molecular formula is C33H38N6O2. The summed E-state index contributed by atoms with van der Waals surface area (Å²) in [6, 6.07) is 26.4. The second-order valence-electron chi connectivity index (χ2n) is 9.89. The Hall–Kier alpha value is -4.72. The molecule has 0 fully saturated rings. The number of fused-ring (bicyclic) bond motifs is 1. The van der Waals surface area contributed by atoms with Gasteiger partial charge in [0.15, 0.2) is 5.69 Å². The van der Waals surface area contributed by atoms with Crippen molar-refractivity contribution >= 4 is 22.6 Å². The van der Waals surface area contributed by atoms with Gasteiger partial charge in [0.2, 0.25) is 5.91 Å². The molecule has 5 rings (SSSR count). The average Bonchev–Trinajstić information content (AvgIpc) is 3.65. The second-order valence-corrected chi connectivity index (χ2v) is 9.89. The number of H-pyrrole nitrogens is 1. The third-order valence-corrected chi connectivity index (χ3v) is 6.88. The molecule has 3 N–H and O–H groups in total. The summed E-state index contributed by atoms with van der Waals surface area (Å²) >= 11 is 0. The number of imidazole rings is 1. The number of nitrogens with zero attached hydrogens (tertiary/aromatic N) is 3. The Kier molecular flexibility index (Phi) is 10.4. The molecule has 212 valence electrons. The number of benzene rings is 3. The molecule has 0 atom stereocenters. The molecule has 0 bridgehead atoms. The van der Waals surface area contributed by atoms with E-state index in [-0.39, 0.29) is 11.8 Å². The lowest BCUT2D eigenvalue weighted by Gasteiger charge is -2.02. The highest BCUT2D eigenvalue weighted by molar-refractivity contribution is 5.92. The number of hydrogen-bond donors (Lipinski definition) is 3. The number of hydrogen-bond acceptors (Lipinski definition) is 4. The van der Waals surface area contributed by atoms with Crippen LogP contribution < -0.4 is 10.6 Å². The molecule has 2 aromatic heterocycles. The summed E-state index contributed by atoms with van der Waals surface area (Å²) in [7, 11) is 3.28. The molecule has 0 spiro atoms. The van der Waals surface area contributed by atoms with E-state index >= 15 is 0 Å². The summed E-state index contributed by atoms with van der Waals surface area (Å²) in [5, 5.41) is 12.0. The largest absolute Gasteiger partial charge is 0.359 e. The first-order chi connectivity index (χ1) is 20.0.